The Bertz CT molecular complexity index is 738. The molecule has 1 aliphatic rings. The molecule has 1 heterocycles. The van der Waals surface area contributed by atoms with Crippen LogP contribution in [0.1, 0.15) is 35.4 Å². The number of benzene rings is 2. The lowest BCUT2D eigenvalue weighted by molar-refractivity contribution is -0.121. The van der Waals surface area contributed by atoms with Gasteiger partial charge >= 0.3 is 0 Å². The molecule has 2 aromatic carbocycles. The van der Waals surface area contributed by atoms with E-state index >= 15 is 0 Å². The van der Waals surface area contributed by atoms with Crippen LogP contribution in [0.3, 0.4) is 0 Å². The Hall–Kier alpha value is -2.62. The normalized spacial score (nSPS) is 15.7. The van der Waals surface area contributed by atoms with Crippen LogP contribution in [0.4, 0.5) is 5.69 Å². The van der Waals surface area contributed by atoms with Gasteiger partial charge in [0.1, 0.15) is 0 Å². The molecule has 124 valence electrons. The molecule has 3 rings (SSSR count). The second-order valence-corrected chi connectivity index (χ2v) is 6.25. The van der Waals surface area contributed by atoms with Crippen molar-refractivity contribution in [3.05, 3.63) is 65.2 Å². The smallest absolute Gasteiger partial charge is 0.232 e. The zero-order valence-corrected chi connectivity index (χ0v) is 13.8. The number of aryl methyl sites for hydroxylation is 2. The third-order valence-corrected chi connectivity index (χ3v) is 4.43. The van der Waals surface area contributed by atoms with Crippen LogP contribution in [0.2, 0.25) is 0 Å². The van der Waals surface area contributed by atoms with Gasteiger partial charge in [0.05, 0.1) is 5.92 Å². The van der Waals surface area contributed by atoms with Gasteiger partial charge in [0.2, 0.25) is 11.8 Å². The molecule has 0 radical (unpaired) electrons. The van der Waals surface area contributed by atoms with E-state index in [1.165, 1.54) is 11.1 Å². The van der Waals surface area contributed by atoms with Gasteiger partial charge in [-0.25, -0.2) is 0 Å². The average Bonchev–Trinajstić information content (AvgIpc) is 2.90. The van der Waals surface area contributed by atoms with Gasteiger partial charge in [0.25, 0.3) is 0 Å². The van der Waals surface area contributed by atoms with E-state index in [9.17, 15) is 9.59 Å². The number of hydrogen-bond acceptors (Lipinski definition) is 2. The highest BCUT2D eigenvalue weighted by atomic mass is 16.2. The molecule has 0 aliphatic carbocycles. The minimum absolute atomic E-state index is 0.0186. The van der Waals surface area contributed by atoms with E-state index in [0.29, 0.717) is 19.4 Å². The molecule has 2 aromatic rings. The van der Waals surface area contributed by atoms with E-state index in [4.69, 9.17) is 0 Å². The Morgan fingerprint density at radius 2 is 1.88 bits per heavy atom. The summed E-state index contributed by atoms with van der Waals surface area (Å²) in [6.07, 6.45) is 1.83. The van der Waals surface area contributed by atoms with Crippen molar-refractivity contribution in [1.29, 1.82) is 0 Å². The molecule has 1 atom stereocenters. The van der Waals surface area contributed by atoms with Crippen molar-refractivity contribution in [2.75, 3.05) is 11.9 Å². The van der Waals surface area contributed by atoms with E-state index in [1.807, 2.05) is 31.2 Å². The van der Waals surface area contributed by atoms with Gasteiger partial charge in [-0.1, -0.05) is 48.0 Å². The maximum absolute atomic E-state index is 12.0. The van der Waals surface area contributed by atoms with Crippen molar-refractivity contribution in [3.63, 3.8) is 0 Å². The van der Waals surface area contributed by atoms with E-state index in [0.717, 1.165) is 17.7 Å². The standard InChI is InChI=1S/C20H22N2O2/c1-14-6-8-15(9-7-14)10-11-19(23)21-13-12-17-16-4-2-3-5-18(16)22-20(17)24/h2-9,17H,10-13H2,1H3,(H,21,23)(H,22,24). The summed E-state index contributed by atoms with van der Waals surface area (Å²) < 4.78 is 0. The zero-order chi connectivity index (χ0) is 16.9. The summed E-state index contributed by atoms with van der Waals surface area (Å²) in [6.45, 7) is 2.56. The Labute approximate surface area is 142 Å². The highest BCUT2D eigenvalue weighted by Crippen LogP contribution is 2.33. The molecule has 1 aliphatic heterocycles. The van der Waals surface area contributed by atoms with E-state index in [1.54, 1.807) is 0 Å². The van der Waals surface area contributed by atoms with Crippen LogP contribution < -0.4 is 10.6 Å². The lowest BCUT2D eigenvalue weighted by Crippen LogP contribution is -2.27. The molecule has 0 spiro atoms. The summed E-state index contributed by atoms with van der Waals surface area (Å²) >= 11 is 0. The second-order valence-electron chi connectivity index (χ2n) is 6.25. The molecule has 0 aromatic heterocycles. The summed E-state index contributed by atoms with van der Waals surface area (Å²) in [5.74, 6) is -0.119. The number of carbonyl (C=O) groups is 2. The fraction of sp³-hybridized carbons (Fsp3) is 0.300. The Morgan fingerprint density at radius 3 is 2.67 bits per heavy atom. The predicted octanol–water partition coefficient (Wildman–Crippen LogP) is 3.17. The van der Waals surface area contributed by atoms with Crippen molar-refractivity contribution in [2.45, 2.75) is 32.1 Å². The third-order valence-electron chi connectivity index (χ3n) is 4.43. The molecule has 0 saturated heterocycles. The monoisotopic (exact) mass is 322 g/mol. The van der Waals surface area contributed by atoms with E-state index < -0.39 is 0 Å². The lowest BCUT2D eigenvalue weighted by Gasteiger charge is -2.10. The Balaban J connectivity index is 1.44. The number of fused-ring (bicyclic) bond motifs is 1. The number of para-hydroxylation sites is 1. The molecule has 24 heavy (non-hydrogen) atoms. The van der Waals surface area contributed by atoms with Crippen molar-refractivity contribution < 1.29 is 9.59 Å². The predicted molar refractivity (Wildman–Crippen MR) is 94.9 cm³/mol. The summed E-state index contributed by atoms with van der Waals surface area (Å²) in [5, 5.41) is 5.81. The molecular formula is C20H22N2O2. The van der Waals surface area contributed by atoms with Crippen LogP contribution in [0, 0.1) is 6.92 Å². The molecule has 0 saturated carbocycles. The third kappa shape index (κ3) is 3.82. The second kappa shape index (κ2) is 7.30. The lowest BCUT2D eigenvalue weighted by atomic mass is 9.97. The first-order chi connectivity index (χ1) is 11.6. The van der Waals surface area contributed by atoms with Gasteiger partial charge in [0, 0.05) is 18.7 Å². The number of hydrogen-bond donors (Lipinski definition) is 2. The SMILES string of the molecule is Cc1ccc(CCC(=O)NCCC2C(=O)Nc3ccccc32)cc1. The number of amides is 2. The number of carbonyl (C=O) groups excluding carboxylic acids is 2. The van der Waals surface area contributed by atoms with Gasteiger partial charge < -0.3 is 10.6 Å². The maximum Gasteiger partial charge on any atom is 0.232 e. The van der Waals surface area contributed by atoms with E-state index in [2.05, 4.69) is 34.9 Å². The average molecular weight is 322 g/mol. The molecule has 2 amide bonds. The molecule has 2 N–H and O–H groups in total. The highest BCUT2D eigenvalue weighted by molar-refractivity contribution is 6.02. The van der Waals surface area contributed by atoms with Crippen molar-refractivity contribution in [1.82, 2.24) is 5.32 Å². The summed E-state index contributed by atoms with van der Waals surface area (Å²) in [7, 11) is 0. The minimum atomic E-state index is -0.168. The quantitative estimate of drug-likeness (QED) is 0.858. The van der Waals surface area contributed by atoms with E-state index in [-0.39, 0.29) is 17.7 Å². The first-order valence-corrected chi connectivity index (χ1v) is 8.35. The van der Waals surface area contributed by atoms with Gasteiger partial charge in [0.15, 0.2) is 0 Å². The van der Waals surface area contributed by atoms with Crippen LogP contribution in [-0.2, 0) is 16.0 Å². The van der Waals surface area contributed by atoms with Crippen LogP contribution in [0.25, 0.3) is 0 Å². The fourth-order valence-electron chi connectivity index (χ4n) is 3.02. The summed E-state index contributed by atoms with van der Waals surface area (Å²) in [5.41, 5.74) is 4.30. The van der Waals surface area contributed by atoms with Crippen LogP contribution >= 0.6 is 0 Å². The molecule has 4 heteroatoms. The van der Waals surface area contributed by atoms with Crippen LogP contribution in [0.15, 0.2) is 48.5 Å². The highest BCUT2D eigenvalue weighted by Gasteiger charge is 2.29. The van der Waals surface area contributed by atoms with Gasteiger partial charge in [-0.15, -0.1) is 0 Å². The van der Waals surface area contributed by atoms with Gasteiger partial charge in [-0.05, 0) is 37.0 Å². The molecule has 0 bridgehead atoms. The van der Waals surface area contributed by atoms with Crippen molar-refractivity contribution in [3.8, 4) is 0 Å². The van der Waals surface area contributed by atoms with Crippen molar-refractivity contribution in [2.24, 2.45) is 0 Å². The first kappa shape index (κ1) is 16.2. The van der Waals surface area contributed by atoms with Crippen LogP contribution in [-0.4, -0.2) is 18.4 Å². The molecule has 4 nitrogen and oxygen atoms in total. The molecule has 0 fully saturated rings. The molecular weight excluding hydrogens is 300 g/mol. The Kier molecular flexibility index (Phi) is 4.94. The number of anilines is 1. The first-order valence-electron chi connectivity index (χ1n) is 8.35. The maximum atomic E-state index is 12.0. The molecule has 1 unspecified atom stereocenters. The number of rotatable bonds is 6. The Morgan fingerprint density at radius 1 is 1.12 bits per heavy atom. The summed E-state index contributed by atoms with van der Waals surface area (Å²) in [6, 6.07) is 16.0. The number of nitrogens with one attached hydrogen (secondary N) is 2. The van der Waals surface area contributed by atoms with Gasteiger partial charge in [-0.2, -0.15) is 0 Å². The van der Waals surface area contributed by atoms with Crippen LogP contribution in [0.5, 0.6) is 0 Å². The fourth-order valence-corrected chi connectivity index (χ4v) is 3.02. The van der Waals surface area contributed by atoms with Crippen molar-refractivity contribution >= 4 is 17.5 Å². The zero-order valence-electron chi connectivity index (χ0n) is 13.8. The topological polar surface area (TPSA) is 58.2 Å². The summed E-state index contributed by atoms with van der Waals surface area (Å²) in [4.78, 5) is 24.0. The minimum Gasteiger partial charge on any atom is -0.356 e. The largest absolute Gasteiger partial charge is 0.356 e. The van der Waals surface area contributed by atoms with Gasteiger partial charge in [-0.3, -0.25) is 9.59 Å².